The van der Waals surface area contributed by atoms with Crippen LogP contribution in [0.3, 0.4) is 0 Å². The summed E-state index contributed by atoms with van der Waals surface area (Å²) in [5.74, 6) is 1.47. The van der Waals surface area contributed by atoms with Crippen molar-refractivity contribution in [1.82, 2.24) is 10.2 Å². The van der Waals surface area contributed by atoms with Gasteiger partial charge in [0, 0.05) is 34.0 Å². The number of anilines is 1. The van der Waals surface area contributed by atoms with Gasteiger partial charge < -0.3 is 14.8 Å². The molecule has 5 rings (SSSR count). The Labute approximate surface area is 176 Å². The Balaban J connectivity index is 1.70. The van der Waals surface area contributed by atoms with E-state index in [1.807, 2.05) is 17.5 Å². The predicted molar refractivity (Wildman–Crippen MR) is 115 cm³/mol. The molecule has 2 atom stereocenters. The van der Waals surface area contributed by atoms with Crippen LogP contribution < -0.4 is 20.3 Å². The van der Waals surface area contributed by atoms with Crippen LogP contribution >= 0.6 is 11.3 Å². The summed E-state index contributed by atoms with van der Waals surface area (Å²) in [6.07, 6.45) is 1.12. The molecule has 0 amide bonds. The van der Waals surface area contributed by atoms with Gasteiger partial charge in [-0.2, -0.15) is 0 Å². The molecule has 0 spiro atoms. The Hall–Kier alpha value is -3.26. The van der Waals surface area contributed by atoms with Gasteiger partial charge in [0.05, 0.1) is 25.7 Å². The lowest BCUT2D eigenvalue weighted by Gasteiger charge is -2.34. The zero-order valence-corrected chi connectivity index (χ0v) is 17.4. The Morgan fingerprint density at radius 1 is 1.07 bits per heavy atom. The molecule has 8 heteroatoms. The SMILES string of the molecule is COc1ccc(OC)c([C@@H]2C3=C(C[C@@H](c4cccs4)CC3=O)Nc3[nH][nH]c(=O)c32)c1. The number of methoxy groups -OCH3 is 2. The van der Waals surface area contributed by atoms with Gasteiger partial charge in [-0.25, -0.2) is 0 Å². The molecule has 1 aliphatic heterocycles. The molecule has 3 aromatic rings. The molecule has 0 unspecified atom stereocenters. The highest BCUT2D eigenvalue weighted by molar-refractivity contribution is 7.10. The van der Waals surface area contributed by atoms with Crippen molar-refractivity contribution in [2.45, 2.75) is 24.7 Å². The first kappa shape index (κ1) is 18.7. The molecule has 154 valence electrons. The highest BCUT2D eigenvalue weighted by Crippen LogP contribution is 2.49. The van der Waals surface area contributed by atoms with E-state index in [0.717, 1.165) is 11.3 Å². The number of carbonyl (C=O) groups is 1. The van der Waals surface area contributed by atoms with Gasteiger partial charge >= 0.3 is 0 Å². The fourth-order valence-electron chi connectivity index (χ4n) is 4.52. The standard InChI is InChI=1S/C22H21N3O4S/c1-28-12-5-6-16(29-2)13(10-12)18-19-14(23-21-20(18)22(27)25-24-21)8-11(9-15(19)26)17-4-3-7-30-17/h3-7,10-11,18H,8-9H2,1-2H3,(H3,23,24,25,27)/t11-,18-/m1/s1. The third-order valence-electron chi connectivity index (χ3n) is 5.87. The molecule has 3 heterocycles. The number of carbonyl (C=O) groups excluding carboxylic acids is 1. The Morgan fingerprint density at radius 2 is 1.93 bits per heavy atom. The summed E-state index contributed by atoms with van der Waals surface area (Å²) >= 11 is 1.67. The predicted octanol–water partition coefficient (Wildman–Crippen LogP) is 3.74. The lowest BCUT2D eigenvalue weighted by atomic mass is 9.73. The number of fused-ring (bicyclic) bond motifs is 1. The van der Waals surface area contributed by atoms with E-state index in [0.29, 0.717) is 41.3 Å². The van der Waals surface area contributed by atoms with Crippen LogP contribution in [0.1, 0.15) is 40.7 Å². The fourth-order valence-corrected chi connectivity index (χ4v) is 5.35. The highest BCUT2D eigenvalue weighted by atomic mass is 32.1. The molecule has 3 N–H and O–H groups in total. The van der Waals surface area contributed by atoms with Crippen LogP contribution in [0, 0.1) is 0 Å². The first-order valence-electron chi connectivity index (χ1n) is 9.69. The lowest BCUT2D eigenvalue weighted by molar-refractivity contribution is -0.116. The number of Topliss-reactive ketones (excluding diaryl/α,β-unsaturated/α-hetero) is 1. The number of hydrogen-bond donors (Lipinski definition) is 3. The third-order valence-corrected chi connectivity index (χ3v) is 6.90. The van der Waals surface area contributed by atoms with Crippen LogP contribution in [-0.4, -0.2) is 30.2 Å². The van der Waals surface area contributed by atoms with Crippen molar-refractivity contribution in [1.29, 1.82) is 0 Å². The molecule has 7 nitrogen and oxygen atoms in total. The van der Waals surface area contributed by atoms with Crippen LogP contribution in [0.5, 0.6) is 11.5 Å². The van der Waals surface area contributed by atoms with Crippen molar-refractivity contribution in [3.05, 3.63) is 73.3 Å². The summed E-state index contributed by atoms with van der Waals surface area (Å²) in [6, 6.07) is 9.53. The van der Waals surface area contributed by atoms with Gasteiger partial charge in [0.25, 0.3) is 5.56 Å². The number of rotatable bonds is 4. The number of ketones is 1. The highest BCUT2D eigenvalue weighted by Gasteiger charge is 2.41. The maximum atomic E-state index is 13.4. The van der Waals surface area contributed by atoms with Gasteiger partial charge in [-0.05, 0) is 36.1 Å². The molecule has 0 saturated carbocycles. The minimum Gasteiger partial charge on any atom is -0.497 e. The van der Waals surface area contributed by atoms with Crippen LogP contribution in [-0.2, 0) is 4.79 Å². The molecule has 0 saturated heterocycles. The molecule has 1 aliphatic carbocycles. The number of aromatic amines is 2. The molecular weight excluding hydrogens is 402 g/mol. The minimum absolute atomic E-state index is 0.0447. The Morgan fingerprint density at radius 3 is 2.67 bits per heavy atom. The topological polar surface area (TPSA) is 96.2 Å². The second-order valence-electron chi connectivity index (χ2n) is 7.47. The van der Waals surface area contributed by atoms with E-state index < -0.39 is 5.92 Å². The number of thiophene rings is 1. The first-order chi connectivity index (χ1) is 14.6. The number of aromatic nitrogens is 2. The van der Waals surface area contributed by atoms with Gasteiger partial charge in [-0.15, -0.1) is 11.3 Å². The zero-order valence-electron chi connectivity index (χ0n) is 16.6. The maximum absolute atomic E-state index is 13.4. The number of ether oxygens (including phenoxy) is 2. The van der Waals surface area contributed by atoms with E-state index in [2.05, 4.69) is 21.6 Å². The second kappa shape index (κ2) is 7.21. The summed E-state index contributed by atoms with van der Waals surface area (Å²) < 4.78 is 11.0. The molecular formula is C22H21N3O4S. The quantitative estimate of drug-likeness (QED) is 0.594. The van der Waals surface area contributed by atoms with Gasteiger partial charge in [-0.3, -0.25) is 19.8 Å². The van der Waals surface area contributed by atoms with Crippen molar-refractivity contribution in [2.75, 3.05) is 19.5 Å². The average molecular weight is 423 g/mol. The third kappa shape index (κ3) is 2.87. The van der Waals surface area contributed by atoms with E-state index in [4.69, 9.17) is 9.47 Å². The Bertz CT molecular complexity index is 1210. The van der Waals surface area contributed by atoms with E-state index >= 15 is 0 Å². The summed E-state index contributed by atoms with van der Waals surface area (Å²) in [4.78, 5) is 27.3. The molecule has 2 aliphatic rings. The molecule has 2 aromatic heterocycles. The second-order valence-corrected chi connectivity index (χ2v) is 8.45. The largest absolute Gasteiger partial charge is 0.497 e. The lowest BCUT2D eigenvalue weighted by Crippen LogP contribution is -2.31. The maximum Gasteiger partial charge on any atom is 0.270 e. The summed E-state index contributed by atoms with van der Waals surface area (Å²) in [6.45, 7) is 0. The number of benzene rings is 1. The summed E-state index contributed by atoms with van der Waals surface area (Å²) in [5.41, 5.74) is 2.45. The van der Waals surface area contributed by atoms with E-state index in [9.17, 15) is 9.59 Å². The molecule has 0 bridgehead atoms. The van der Waals surface area contributed by atoms with E-state index in [1.54, 1.807) is 37.7 Å². The molecule has 0 radical (unpaired) electrons. The van der Waals surface area contributed by atoms with Crippen molar-refractivity contribution >= 4 is 22.9 Å². The number of nitrogens with one attached hydrogen (secondary N) is 3. The monoisotopic (exact) mass is 423 g/mol. The zero-order chi connectivity index (χ0) is 20.8. The molecule has 30 heavy (non-hydrogen) atoms. The van der Waals surface area contributed by atoms with Crippen LogP contribution in [0.15, 0.2) is 51.8 Å². The van der Waals surface area contributed by atoms with Gasteiger partial charge in [0.2, 0.25) is 0 Å². The van der Waals surface area contributed by atoms with Crippen LogP contribution in [0.25, 0.3) is 0 Å². The van der Waals surface area contributed by atoms with Gasteiger partial charge in [-0.1, -0.05) is 6.07 Å². The molecule has 1 aromatic carbocycles. The van der Waals surface area contributed by atoms with Crippen LogP contribution in [0.2, 0.25) is 0 Å². The Kier molecular flexibility index (Phi) is 4.51. The van der Waals surface area contributed by atoms with Gasteiger partial charge in [0.15, 0.2) is 5.78 Å². The normalized spacial score (nSPS) is 20.4. The van der Waals surface area contributed by atoms with Crippen molar-refractivity contribution in [3.63, 3.8) is 0 Å². The number of H-pyrrole nitrogens is 2. The smallest absolute Gasteiger partial charge is 0.270 e. The minimum atomic E-state index is -0.534. The summed E-state index contributed by atoms with van der Waals surface area (Å²) in [5, 5.41) is 10.9. The molecule has 0 fully saturated rings. The number of hydrogen-bond acceptors (Lipinski definition) is 6. The van der Waals surface area contributed by atoms with Crippen molar-refractivity contribution < 1.29 is 14.3 Å². The summed E-state index contributed by atoms with van der Waals surface area (Å²) in [7, 11) is 3.17. The van der Waals surface area contributed by atoms with E-state index in [-0.39, 0.29) is 17.3 Å². The fraction of sp³-hybridized carbons (Fsp3) is 0.273. The van der Waals surface area contributed by atoms with Crippen molar-refractivity contribution in [3.8, 4) is 11.5 Å². The first-order valence-corrected chi connectivity index (χ1v) is 10.6. The van der Waals surface area contributed by atoms with Gasteiger partial charge in [0.1, 0.15) is 17.3 Å². The number of allylic oxidation sites excluding steroid dienone is 2. The van der Waals surface area contributed by atoms with E-state index in [1.165, 1.54) is 4.88 Å². The average Bonchev–Trinajstić information content (AvgIpc) is 3.42. The van der Waals surface area contributed by atoms with Crippen molar-refractivity contribution in [2.24, 2.45) is 0 Å². The van der Waals surface area contributed by atoms with Crippen LogP contribution in [0.4, 0.5) is 5.82 Å².